The highest BCUT2D eigenvalue weighted by Crippen LogP contribution is 2.40. The molecule has 1 aliphatic carbocycles. The summed E-state index contributed by atoms with van der Waals surface area (Å²) < 4.78 is 0. The molecular weight excluding hydrogens is 214 g/mol. The Morgan fingerprint density at radius 2 is 2.12 bits per heavy atom. The molecule has 0 spiro atoms. The third-order valence-electron chi connectivity index (χ3n) is 4.19. The normalized spacial score (nSPS) is 27.2. The molecule has 1 heterocycles. The maximum absolute atomic E-state index is 11.2. The van der Waals surface area contributed by atoms with Gasteiger partial charge in [0.2, 0.25) is 0 Å². The van der Waals surface area contributed by atoms with Crippen LogP contribution in [-0.2, 0) is 6.42 Å². The van der Waals surface area contributed by atoms with Gasteiger partial charge in [0.15, 0.2) is 0 Å². The Hall–Kier alpha value is -1.51. The van der Waals surface area contributed by atoms with Gasteiger partial charge in [0.05, 0.1) is 0 Å². The SMILES string of the molecule is O=C(O)N1CCC[C@@H]2c3ccccc3CC[C@H]21. The molecule has 17 heavy (non-hydrogen) atoms. The van der Waals surface area contributed by atoms with Gasteiger partial charge in [-0.3, -0.25) is 0 Å². The van der Waals surface area contributed by atoms with Crippen LogP contribution in [0.5, 0.6) is 0 Å². The molecule has 0 saturated carbocycles. The van der Waals surface area contributed by atoms with Gasteiger partial charge in [0.25, 0.3) is 0 Å². The molecule has 1 fully saturated rings. The monoisotopic (exact) mass is 231 g/mol. The second-order valence-electron chi connectivity index (χ2n) is 5.03. The molecule has 0 radical (unpaired) electrons. The van der Waals surface area contributed by atoms with Crippen LogP contribution in [0.1, 0.15) is 36.3 Å². The number of piperidine rings is 1. The van der Waals surface area contributed by atoms with E-state index < -0.39 is 6.09 Å². The van der Waals surface area contributed by atoms with E-state index >= 15 is 0 Å². The molecule has 1 saturated heterocycles. The lowest BCUT2D eigenvalue weighted by molar-refractivity contribution is 0.0898. The molecule has 3 nitrogen and oxygen atoms in total. The zero-order valence-corrected chi connectivity index (χ0v) is 9.80. The van der Waals surface area contributed by atoms with Gasteiger partial charge in [0.1, 0.15) is 0 Å². The first-order valence-electron chi connectivity index (χ1n) is 6.35. The van der Waals surface area contributed by atoms with Gasteiger partial charge in [-0.15, -0.1) is 0 Å². The molecule has 3 heteroatoms. The van der Waals surface area contributed by atoms with Crippen LogP contribution in [0.4, 0.5) is 4.79 Å². The summed E-state index contributed by atoms with van der Waals surface area (Å²) in [5, 5.41) is 9.25. The minimum atomic E-state index is -0.751. The molecule has 1 N–H and O–H groups in total. The summed E-state index contributed by atoms with van der Waals surface area (Å²) in [5.41, 5.74) is 2.80. The lowest BCUT2D eigenvalue weighted by Crippen LogP contribution is -2.48. The highest BCUT2D eigenvalue weighted by atomic mass is 16.4. The van der Waals surface area contributed by atoms with Crippen LogP contribution in [-0.4, -0.2) is 28.7 Å². The van der Waals surface area contributed by atoms with E-state index in [0.29, 0.717) is 12.5 Å². The molecular formula is C14H17NO2. The zero-order chi connectivity index (χ0) is 11.8. The molecule has 0 bridgehead atoms. The van der Waals surface area contributed by atoms with Crippen molar-refractivity contribution in [1.29, 1.82) is 0 Å². The van der Waals surface area contributed by atoms with Crippen molar-refractivity contribution in [1.82, 2.24) is 4.90 Å². The third-order valence-corrected chi connectivity index (χ3v) is 4.19. The summed E-state index contributed by atoms with van der Waals surface area (Å²) in [5.74, 6) is 0.421. The number of carbonyl (C=O) groups is 1. The van der Waals surface area contributed by atoms with E-state index in [1.807, 2.05) is 0 Å². The number of rotatable bonds is 0. The van der Waals surface area contributed by atoms with E-state index in [0.717, 1.165) is 25.7 Å². The van der Waals surface area contributed by atoms with E-state index in [2.05, 4.69) is 24.3 Å². The molecule has 0 unspecified atom stereocenters. The van der Waals surface area contributed by atoms with Gasteiger partial charge in [0, 0.05) is 18.5 Å². The van der Waals surface area contributed by atoms with E-state index in [1.54, 1.807) is 4.90 Å². The lowest BCUT2D eigenvalue weighted by atomic mass is 9.74. The van der Waals surface area contributed by atoms with Crippen LogP contribution >= 0.6 is 0 Å². The number of nitrogens with zero attached hydrogens (tertiary/aromatic N) is 1. The van der Waals surface area contributed by atoms with Crippen LogP contribution in [0, 0.1) is 0 Å². The van der Waals surface area contributed by atoms with Crippen molar-refractivity contribution in [3.63, 3.8) is 0 Å². The first-order chi connectivity index (χ1) is 8.27. The first-order valence-corrected chi connectivity index (χ1v) is 6.35. The van der Waals surface area contributed by atoms with Crippen molar-refractivity contribution < 1.29 is 9.90 Å². The maximum Gasteiger partial charge on any atom is 0.407 e. The van der Waals surface area contributed by atoms with E-state index in [9.17, 15) is 9.90 Å². The molecule has 0 aromatic heterocycles. The number of carboxylic acid groups (broad SMARTS) is 1. The Morgan fingerprint density at radius 3 is 2.94 bits per heavy atom. The van der Waals surface area contributed by atoms with Crippen LogP contribution in [0.2, 0.25) is 0 Å². The van der Waals surface area contributed by atoms with Crippen LogP contribution in [0.25, 0.3) is 0 Å². The fourth-order valence-corrected chi connectivity index (χ4v) is 3.44. The van der Waals surface area contributed by atoms with Gasteiger partial charge in [-0.25, -0.2) is 4.79 Å². The Labute approximate surface area is 101 Å². The smallest absolute Gasteiger partial charge is 0.407 e. The Balaban J connectivity index is 1.96. The summed E-state index contributed by atoms with van der Waals surface area (Å²) in [6, 6.07) is 8.72. The molecule has 2 atom stereocenters. The van der Waals surface area contributed by atoms with Crippen molar-refractivity contribution in [3.05, 3.63) is 35.4 Å². The van der Waals surface area contributed by atoms with Gasteiger partial charge in [-0.05, 0) is 36.8 Å². The summed E-state index contributed by atoms with van der Waals surface area (Å²) in [6.07, 6.45) is 3.36. The van der Waals surface area contributed by atoms with E-state index in [-0.39, 0.29) is 6.04 Å². The zero-order valence-electron chi connectivity index (χ0n) is 9.80. The largest absolute Gasteiger partial charge is 0.465 e. The van der Waals surface area contributed by atoms with Crippen molar-refractivity contribution in [2.24, 2.45) is 0 Å². The van der Waals surface area contributed by atoms with E-state index in [1.165, 1.54) is 11.1 Å². The standard InChI is InChI=1S/C14H17NO2/c16-14(17)15-9-3-6-12-11-5-2-1-4-10(11)7-8-13(12)15/h1-2,4-5,12-13H,3,6-9H2,(H,16,17)/t12-,13-/m1/s1. The highest BCUT2D eigenvalue weighted by Gasteiger charge is 2.38. The summed E-state index contributed by atoms with van der Waals surface area (Å²) in [4.78, 5) is 12.9. The van der Waals surface area contributed by atoms with Crippen molar-refractivity contribution >= 4 is 6.09 Å². The minimum absolute atomic E-state index is 0.205. The maximum atomic E-state index is 11.2. The van der Waals surface area contributed by atoms with Gasteiger partial charge in [-0.1, -0.05) is 24.3 Å². The van der Waals surface area contributed by atoms with E-state index in [4.69, 9.17) is 0 Å². The average Bonchev–Trinajstić information content (AvgIpc) is 2.37. The fourth-order valence-electron chi connectivity index (χ4n) is 3.44. The van der Waals surface area contributed by atoms with Crippen LogP contribution in [0.3, 0.4) is 0 Å². The molecule has 1 aromatic carbocycles. The number of likely N-dealkylation sites (tertiary alicyclic amines) is 1. The number of hydrogen-bond acceptors (Lipinski definition) is 1. The number of hydrogen-bond donors (Lipinski definition) is 1. The lowest BCUT2D eigenvalue weighted by Gasteiger charge is -2.43. The summed E-state index contributed by atoms with van der Waals surface area (Å²) in [7, 11) is 0. The molecule has 90 valence electrons. The topological polar surface area (TPSA) is 40.5 Å². The average molecular weight is 231 g/mol. The number of fused-ring (bicyclic) bond motifs is 3. The molecule has 1 amide bonds. The first kappa shape index (κ1) is 10.6. The third kappa shape index (κ3) is 1.70. The quantitative estimate of drug-likeness (QED) is 0.745. The van der Waals surface area contributed by atoms with Gasteiger partial charge < -0.3 is 10.0 Å². The minimum Gasteiger partial charge on any atom is -0.465 e. The molecule has 3 rings (SSSR count). The predicted octanol–water partition coefficient (Wildman–Crippen LogP) is 2.86. The van der Waals surface area contributed by atoms with Crippen molar-refractivity contribution in [2.75, 3.05) is 6.54 Å². The highest BCUT2D eigenvalue weighted by molar-refractivity contribution is 5.66. The number of benzene rings is 1. The Kier molecular flexibility index (Phi) is 2.54. The molecule has 1 aliphatic heterocycles. The molecule has 1 aromatic rings. The second-order valence-corrected chi connectivity index (χ2v) is 5.03. The van der Waals surface area contributed by atoms with Gasteiger partial charge >= 0.3 is 6.09 Å². The van der Waals surface area contributed by atoms with Crippen LogP contribution < -0.4 is 0 Å². The van der Waals surface area contributed by atoms with Gasteiger partial charge in [-0.2, -0.15) is 0 Å². The van der Waals surface area contributed by atoms with Crippen LogP contribution in [0.15, 0.2) is 24.3 Å². The Morgan fingerprint density at radius 1 is 1.29 bits per heavy atom. The second kappa shape index (κ2) is 4.06. The van der Waals surface area contributed by atoms with Crippen molar-refractivity contribution in [3.8, 4) is 0 Å². The summed E-state index contributed by atoms with van der Waals surface area (Å²) in [6.45, 7) is 0.707. The predicted molar refractivity (Wildman–Crippen MR) is 65.3 cm³/mol. The number of amides is 1. The van der Waals surface area contributed by atoms with Crippen molar-refractivity contribution in [2.45, 2.75) is 37.6 Å². The Bertz CT molecular complexity index is 444. The molecule has 2 aliphatic rings. The summed E-state index contributed by atoms with van der Waals surface area (Å²) >= 11 is 0. The number of aryl methyl sites for hydroxylation is 1. The fraction of sp³-hybridized carbons (Fsp3) is 0.500.